The fourth-order valence-electron chi connectivity index (χ4n) is 2.99. The summed E-state index contributed by atoms with van der Waals surface area (Å²) in [5.74, 6) is 0.305. The molecule has 5 heteroatoms. The largest absolute Gasteiger partial charge is 0.480 e. The summed E-state index contributed by atoms with van der Waals surface area (Å²) in [6, 6.07) is 12.7. The molecule has 0 radical (unpaired) electrons. The Balaban J connectivity index is 1.86. The number of hydrogen-bond acceptors (Lipinski definition) is 4. The van der Waals surface area contributed by atoms with Crippen molar-refractivity contribution in [3.05, 3.63) is 69.6 Å². The quantitative estimate of drug-likeness (QED) is 0.682. The minimum atomic E-state index is -0.704. The molecule has 1 amide bonds. The number of benzene rings is 2. The van der Waals surface area contributed by atoms with E-state index < -0.39 is 11.7 Å². The van der Waals surface area contributed by atoms with Crippen LogP contribution in [0.4, 0.5) is 5.69 Å². The molecule has 1 aromatic heterocycles. The molecular weight excluding hydrogens is 342 g/mol. The van der Waals surface area contributed by atoms with Gasteiger partial charge in [0.05, 0.1) is 0 Å². The molecule has 1 heterocycles. The van der Waals surface area contributed by atoms with E-state index in [0.717, 1.165) is 34.2 Å². The Morgan fingerprint density at radius 2 is 1.96 bits per heavy atom. The van der Waals surface area contributed by atoms with Crippen molar-refractivity contribution in [2.75, 3.05) is 5.32 Å². The smallest absolute Gasteiger partial charge is 0.336 e. The maximum atomic E-state index is 12.5. The maximum absolute atomic E-state index is 12.5. The summed E-state index contributed by atoms with van der Waals surface area (Å²) in [5, 5.41) is 3.73. The Bertz CT molecular complexity index is 1050. The second kappa shape index (κ2) is 7.66. The van der Waals surface area contributed by atoms with E-state index in [1.54, 1.807) is 13.0 Å². The van der Waals surface area contributed by atoms with E-state index in [-0.39, 0.29) is 5.91 Å². The van der Waals surface area contributed by atoms with Gasteiger partial charge in [-0.2, -0.15) is 0 Å². The van der Waals surface area contributed by atoms with Crippen molar-refractivity contribution < 1.29 is 13.9 Å². The van der Waals surface area contributed by atoms with Gasteiger partial charge in [-0.25, -0.2) is 4.79 Å². The number of carbonyl (C=O) groups is 1. The minimum Gasteiger partial charge on any atom is -0.480 e. The van der Waals surface area contributed by atoms with Gasteiger partial charge >= 0.3 is 5.63 Å². The molecule has 0 spiro atoms. The number of ether oxygens (including phenoxy) is 1. The zero-order valence-electron chi connectivity index (χ0n) is 16.0. The predicted octanol–water partition coefficient (Wildman–Crippen LogP) is 4.38. The molecule has 0 aliphatic rings. The van der Waals surface area contributed by atoms with Crippen LogP contribution in [0.15, 0.2) is 51.7 Å². The van der Waals surface area contributed by atoms with Crippen molar-refractivity contribution in [3.63, 3.8) is 0 Å². The maximum Gasteiger partial charge on any atom is 0.336 e. The molecule has 140 valence electrons. The molecule has 0 aliphatic heterocycles. The summed E-state index contributed by atoms with van der Waals surface area (Å²) in [7, 11) is 0. The summed E-state index contributed by atoms with van der Waals surface area (Å²) >= 11 is 0. The number of fused-ring (bicyclic) bond motifs is 1. The van der Waals surface area contributed by atoms with E-state index in [4.69, 9.17) is 9.15 Å². The van der Waals surface area contributed by atoms with Crippen molar-refractivity contribution in [1.82, 2.24) is 0 Å². The van der Waals surface area contributed by atoms with Gasteiger partial charge in [-0.15, -0.1) is 0 Å². The molecule has 0 saturated heterocycles. The summed E-state index contributed by atoms with van der Waals surface area (Å²) in [6.45, 7) is 7.55. The van der Waals surface area contributed by atoms with Crippen LogP contribution in [-0.4, -0.2) is 12.0 Å². The summed E-state index contributed by atoms with van der Waals surface area (Å²) < 4.78 is 11.2. The first kappa shape index (κ1) is 18.7. The Labute approximate surface area is 158 Å². The lowest BCUT2D eigenvalue weighted by molar-refractivity contribution is -0.122. The Kier molecular flexibility index (Phi) is 5.31. The van der Waals surface area contributed by atoms with Crippen molar-refractivity contribution in [2.45, 2.75) is 40.2 Å². The van der Waals surface area contributed by atoms with Crippen LogP contribution < -0.4 is 15.7 Å². The monoisotopic (exact) mass is 365 g/mol. The van der Waals surface area contributed by atoms with Crippen molar-refractivity contribution in [3.8, 4) is 5.75 Å². The lowest BCUT2D eigenvalue weighted by Gasteiger charge is -2.18. The van der Waals surface area contributed by atoms with Gasteiger partial charge in [0.25, 0.3) is 5.91 Å². The molecule has 27 heavy (non-hydrogen) atoms. The molecule has 0 fully saturated rings. The lowest BCUT2D eigenvalue weighted by Crippen LogP contribution is -2.30. The highest BCUT2D eigenvalue weighted by molar-refractivity contribution is 5.94. The molecule has 2 aromatic carbocycles. The van der Waals surface area contributed by atoms with Gasteiger partial charge in [0.2, 0.25) is 0 Å². The molecule has 0 unspecified atom stereocenters. The van der Waals surface area contributed by atoms with Crippen LogP contribution in [0.1, 0.15) is 30.5 Å². The zero-order chi connectivity index (χ0) is 19.6. The molecule has 3 aromatic rings. The zero-order valence-corrected chi connectivity index (χ0v) is 16.0. The van der Waals surface area contributed by atoms with E-state index in [2.05, 4.69) is 5.32 Å². The fourth-order valence-corrected chi connectivity index (χ4v) is 2.99. The van der Waals surface area contributed by atoms with Crippen LogP contribution in [0, 0.1) is 13.8 Å². The molecular formula is C22H23NO4. The third-order valence-corrected chi connectivity index (χ3v) is 4.47. The second-order valence-corrected chi connectivity index (χ2v) is 6.68. The Hall–Kier alpha value is -3.08. The van der Waals surface area contributed by atoms with Gasteiger partial charge in [0, 0.05) is 23.2 Å². The summed E-state index contributed by atoms with van der Waals surface area (Å²) in [4.78, 5) is 24.1. The number of anilines is 1. The van der Waals surface area contributed by atoms with Crippen molar-refractivity contribution >= 4 is 22.6 Å². The number of hydrogen-bond donors (Lipinski definition) is 1. The highest BCUT2D eigenvalue weighted by Gasteiger charge is 2.18. The normalized spacial score (nSPS) is 12.0. The van der Waals surface area contributed by atoms with Crippen LogP contribution in [0.3, 0.4) is 0 Å². The topological polar surface area (TPSA) is 68.5 Å². The lowest BCUT2D eigenvalue weighted by atomic mass is 10.1. The van der Waals surface area contributed by atoms with Crippen LogP contribution >= 0.6 is 0 Å². The standard InChI is InChI=1S/C22H23NO4/c1-5-16-11-18-14(3)10-21(24)27-20(18)12-19(16)26-15(4)22(25)23-17-8-6-7-13(2)9-17/h6-12,15H,5H2,1-4H3,(H,23,25)/t15-/m0/s1. The molecule has 1 atom stereocenters. The van der Waals surface area contributed by atoms with E-state index in [1.807, 2.05) is 51.1 Å². The Morgan fingerprint density at radius 3 is 2.67 bits per heavy atom. The number of rotatable bonds is 5. The van der Waals surface area contributed by atoms with Crippen LogP contribution in [-0.2, 0) is 11.2 Å². The number of carbonyl (C=O) groups excluding carboxylic acids is 1. The average molecular weight is 365 g/mol. The predicted molar refractivity (Wildman–Crippen MR) is 106 cm³/mol. The van der Waals surface area contributed by atoms with Gasteiger partial charge in [-0.1, -0.05) is 19.1 Å². The summed E-state index contributed by atoms with van der Waals surface area (Å²) in [5.41, 5.74) is 3.65. The molecule has 0 bridgehead atoms. The van der Waals surface area contributed by atoms with Crippen molar-refractivity contribution in [2.24, 2.45) is 0 Å². The number of aryl methyl sites for hydroxylation is 3. The molecule has 1 N–H and O–H groups in total. The average Bonchev–Trinajstić information content (AvgIpc) is 2.61. The molecule has 5 nitrogen and oxygen atoms in total. The SMILES string of the molecule is CCc1cc2c(C)cc(=O)oc2cc1O[C@@H](C)C(=O)Nc1cccc(C)c1. The van der Waals surface area contributed by atoms with Gasteiger partial charge in [0.15, 0.2) is 6.10 Å². The summed E-state index contributed by atoms with van der Waals surface area (Å²) in [6.07, 6.45) is 0.0283. The third kappa shape index (κ3) is 4.19. The van der Waals surface area contributed by atoms with E-state index in [9.17, 15) is 9.59 Å². The van der Waals surface area contributed by atoms with E-state index in [1.165, 1.54) is 6.07 Å². The van der Waals surface area contributed by atoms with Crippen molar-refractivity contribution in [1.29, 1.82) is 0 Å². The van der Waals surface area contributed by atoms with Crippen LogP contribution in [0.5, 0.6) is 5.75 Å². The first-order chi connectivity index (χ1) is 12.9. The second-order valence-electron chi connectivity index (χ2n) is 6.68. The highest BCUT2D eigenvalue weighted by atomic mass is 16.5. The molecule has 0 aliphatic carbocycles. The fraction of sp³-hybridized carbons (Fsp3) is 0.273. The first-order valence-electron chi connectivity index (χ1n) is 8.99. The number of nitrogens with one attached hydrogen (secondary N) is 1. The highest BCUT2D eigenvalue weighted by Crippen LogP contribution is 2.28. The molecule has 0 saturated carbocycles. The first-order valence-corrected chi connectivity index (χ1v) is 8.99. The van der Waals surface area contributed by atoms with Gasteiger partial charge < -0.3 is 14.5 Å². The minimum absolute atomic E-state index is 0.242. The van der Waals surface area contributed by atoms with Gasteiger partial charge in [0.1, 0.15) is 11.3 Å². The van der Waals surface area contributed by atoms with Gasteiger partial charge in [-0.3, -0.25) is 4.79 Å². The van der Waals surface area contributed by atoms with E-state index in [0.29, 0.717) is 11.3 Å². The van der Waals surface area contributed by atoms with Crippen LogP contribution in [0.2, 0.25) is 0 Å². The third-order valence-electron chi connectivity index (χ3n) is 4.47. The van der Waals surface area contributed by atoms with Crippen LogP contribution in [0.25, 0.3) is 11.0 Å². The Morgan fingerprint density at radius 1 is 1.19 bits per heavy atom. The molecule has 3 rings (SSSR count). The van der Waals surface area contributed by atoms with Gasteiger partial charge in [-0.05, 0) is 62.1 Å². The van der Waals surface area contributed by atoms with E-state index >= 15 is 0 Å². The number of amides is 1.